The van der Waals surface area contributed by atoms with E-state index in [0.29, 0.717) is 0 Å². The quantitative estimate of drug-likeness (QED) is 0.593. The number of carbonyl (C=O) groups excluding carboxylic acids is 1. The molecule has 0 radical (unpaired) electrons. The molecule has 6 heteroatoms. The van der Waals surface area contributed by atoms with Crippen molar-refractivity contribution in [2.45, 2.75) is 45.3 Å². The zero-order valence-corrected chi connectivity index (χ0v) is 10.0. The van der Waals surface area contributed by atoms with Crippen LogP contribution in [0.3, 0.4) is 0 Å². The highest BCUT2D eigenvalue weighted by atomic mass is 16.4. The normalized spacial score (nSPS) is 13.8. The van der Waals surface area contributed by atoms with Crippen molar-refractivity contribution < 1.29 is 19.8 Å². The van der Waals surface area contributed by atoms with Crippen molar-refractivity contribution in [3.63, 3.8) is 0 Å². The Hall–Kier alpha value is -1.61. The number of aliphatic hydroxyl groups is 1. The average Bonchev–Trinajstić information content (AvgIpc) is 2.22. The maximum Gasteiger partial charge on any atom is 0.326 e. The molecule has 0 aliphatic rings. The van der Waals surface area contributed by atoms with E-state index in [1.165, 1.54) is 0 Å². The molecule has 0 unspecified atom stereocenters. The van der Waals surface area contributed by atoms with E-state index in [1.54, 1.807) is 0 Å². The first kappa shape index (κ1) is 15.4. The van der Waals surface area contributed by atoms with Crippen LogP contribution in [0.1, 0.15) is 33.1 Å². The smallest absolute Gasteiger partial charge is 0.326 e. The molecule has 1 amide bonds. The maximum absolute atomic E-state index is 11.4. The van der Waals surface area contributed by atoms with Crippen molar-refractivity contribution in [1.82, 2.24) is 5.32 Å². The average molecular weight is 242 g/mol. The van der Waals surface area contributed by atoms with Crippen LogP contribution >= 0.6 is 0 Å². The minimum Gasteiger partial charge on any atom is -0.480 e. The van der Waals surface area contributed by atoms with Crippen molar-refractivity contribution in [2.75, 3.05) is 0 Å². The second-order valence-electron chi connectivity index (χ2n) is 4.24. The van der Waals surface area contributed by atoms with E-state index in [4.69, 9.17) is 10.4 Å². The third-order valence-corrected chi connectivity index (χ3v) is 2.16. The number of rotatable bonds is 7. The Labute approximate surface area is 100 Å². The molecule has 96 valence electrons. The first-order chi connectivity index (χ1) is 7.88. The lowest BCUT2D eigenvalue weighted by atomic mass is 10.0. The van der Waals surface area contributed by atoms with Gasteiger partial charge in [-0.15, -0.1) is 0 Å². The van der Waals surface area contributed by atoms with Gasteiger partial charge in [-0.2, -0.15) is 5.26 Å². The Morgan fingerprint density at radius 2 is 2.00 bits per heavy atom. The number of carbonyl (C=O) groups is 2. The molecule has 0 rings (SSSR count). The summed E-state index contributed by atoms with van der Waals surface area (Å²) in [7, 11) is 0. The SMILES string of the molecule is CC(C)C[C@H](O)C(=O)N[C@H](CCC#N)C(=O)O. The lowest BCUT2D eigenvalue weighted by Crippen LogP contribution is -2.45. The van der Waals surface area contributed by atoms with E-state index in [0.717, 1.165) is 0 Å². The van der Waals surface area contributed by atoms with Crippen molar-refractivity contribution in [1.29, 1.82) is 5.26 Å². The van der Waals surface area contributed by atoms with Crippen molar-refractivity contribution in [2.24, 2.45) is 5.92 Å². The Morgan fingerprint density at radius 1 is 1.41 bits per heavy atom. The Balaban J connectivity index is 4.30. The molecule has 2 atom stereocenters. The number of hydrogen-bond acceptors (Lipinski definition) is 4. The summed E-state index contributed by atoms with van der Waals surface area (Å²) < 4.78 is 0. The number of carboxylic acid groups (broad SMARTS) is 1. The van der Waals surface area contributed by atoms with Crippen LogP contribution in [0.25, 0.3) is 0 Å². The van der Waals surface area contributed by atoms with Gasteiger partial charge in [-0.3, -0.25) is 4.79 Å². The van der Waals surface area contributed by atoms with E-state index in [9.17, 15) is 14.7 Å². The second kappa shape index (κ2) is 7.63. The molecule has 0 saturated heterocycles. The second-order valence-corrected chi connectivity index (χ2v) is 4.24. The highest BCUT2D eigenvalue weighted by Crippen LogP contribution is 2.05. The Morgan fingerprint density at radius 3 is 2.41 bits per heavy atom. The fourth-order valence-corrected chi connectivity index (χ4v) is 1.29. The summed E-state index contributed by atoms with van der Waals surface area (Å²) in [5.74, 6) is -1.77. The van der Waals surface area contributed by atoms with E-state index < -0.39 is 24.0 Å². The van der Waals surface area contributed by atoms with E-state index in [-0.39, 0.29) is 25.2 Å². The molecule has 0 aliphatic heterocycles. The van der Waals surface area contributed by atoms with E-state index in [2.05, 4.69) is 5.32 Å². The van der Waals surface area contributed by atoms with Gasteiger partial charge in [0, 0.05) is 6.42 Å². The molecule has 0 aromatic heterocycles. The highest BCUT2D eigenvalue weighted by Gasteiger charge is 2.23. The fraction of sp³-hybridized carbons (Fsp3) is 0.727. The molecule has 0 fully saturated rings. The maximum atomic E-state index is 11.4. The van der Waals surface area contributed by atoms with Gasteiger partial charge < -0.3 is 15.5 Å². The molecule has 6 nitrogen and oxygen atoms in total. The number of amides is 1. The van der Waals surface area contributed by atoms with Gasteiger partial charge in [-0.25, -0.2) is 4.79 Å². The van der Waals surface area contributed by atoms with Crippen LogP contribution in [-0.2, 0) is 9.59 Å². The summed E-state index contributed by atoms with van der Waals surface area (Å²) in [4.78, 5) is 22.2. The van der Waals surface area contributed by atoms with Gasteiger partial charge in [0.2, 0.25) is 5.91 Å². The van der Waals surface area contributed by atoms with Gasteiger partial charge in [0.25, 0.3) is 0 Å². The van der Waals surface area contributed by atoms with Crippen molar-refractivity contribution >= 4 is 11.9 Å². The summed E-state index contributed by atoms with van der Waals surface area (Å²) >= 11 is 0. The zero-order chi connectivity index (χ0) is 13.4. The number of aliphatic hydroxyl groups excluding tert-OH is 1. The summed E-state index contributed by atoms with van der Waals surface area (Å²) in [6.45, 7) is 3.70. The zero-order valence-electron chi connectivity index (χ0n) is 10.0. The Kier molecular flexibility index (Phi) is 6.91. The van der Waals surface area contributed by atoms with Crippen LogP contribution in [0.2, 0.25) is 0 Å². The van der Waals surface area contributed by atoms with Gasteiger partial charge in [0.1, 0.15) is 12.1 Å². The highest BCUT2D eigenvalue weighted by molar-refractivity contribution is 5.86. The number of nitrogens with zero attached hydrogens (tertiary/aromatic N) is 1. The molecule has 0 aromatic carbocycles. The predicted octanol–water partition coefficient (Wildman–Crippen LogP) is 0.267. The molecule has 0 bridgehead atoms. The summed E-state index contributed by atoms with van der Waals surface area (Å²) in [5.41, 5.74) is 0. The molecule has 0 spiro atoms. The van der Waals surface area contributed by atoms with E-state index >= 15 is 0 Å². The van der Waals surface area contributed by atoms with Crippen LogP contribution in [0.5, 0.6) is 0 Å². The first-order valence-electron chi connectivity index (χ1n) is 5.46. The summed E-state index contributed by atoms with van der Waals surface area (Å²) in [6, 6.07) is 0.689. The minimum absolute atomic E-state index is 0.0337. The lowest BCUT2D eigenvalue weighted by Gasteiger charge is -2.17. The third-order valence-electron chi connectivity index (χ3n) is 2.16. The summed E-state index contributed by atoms with van der Waals surface area (Å²) in [5, 5.41) is 28.9. The molecular formula is C11H18N2O4. The number of aliphatic carboxylic acids is 1. The van der Waals surface area contributed by atoms with Crippen LogP contribution in [-0.4, -0.2) is 34.2 Å². The van der Waals surface area contributed by atoms with Crippen molar-refractivity contribution in [3.8, 4) is 6.07 Å². The Bertz CT molecular complexity index is 309. The fourth-order valence-electron chi connectivity index (χ4n) is 1.29. The van der Waals surface area contributed by atoms with Gasteiger partial charge in [-0.1, -0.05) is 13.8 Å². The molecule has 0 aromatic rings. The predicted molar refractivity (Wildman–Crippen MR) is 59.9 cm³/mol. The van der Waals surface area contributed by atoms with Crippen LogP contribution in [0.15, 0.2) is 0 Å². The number of nitriles is 1. The monoisotopic (exact) mass is 242 g/mol. The van der Waals surface area contributed by atoms with Gasteiger partial charge in [0.15, 0.2) is 0 Å². The third kappa shape index (κ3) is 6.53. The van der Waals surface area contributed by atoms with Crippen LogP contribution in [0.4, 0.5) is 0 Å². The van der Waals surface area contributed by atoms with Gasteiger partial charge in [0.05, 0.1) is 6.07 Å². The first-order valence-corrected chi connectivity index (χ1v) is 5.46. The largest absolute Gasteiger partial charge is 0.480 e. The molecule has 0 aliphatic carbocycles. The molecule has 0 heterocycles. The topological polar surface area (TPSA) is 110 Å². The molecule has 17 heavy (non-hydrogen) atoms. The number of carboxylic acids is 1. The van der Waals surface area contributed by atoms with Crippen molar-refractivity contribution in [3.05, 3.63) is 0 Å². The minimum atomic E-state index is -1.21. The molecular weight excluding hydrogens is 224 g/mol. The van der Waals surface area contributed by atoms with Crippen LogP contribution < -0.4 is 5.32 Å². The van der Waals surface area contributed by atoms with E-state index in [1.807, 2.05) is 19.9 Å². The lowest BCUT2D eigenvalue weighted by molar-refractivity contribution is -0.143. The number of hydrogen-bond donors (Lipinski definition) is 3. The van der Waals surface area contributed by atoms with Gasteiger partial charge in [-0.05, 0) is 18.8 Å². The summed E-state index contributed by atoms with van der Waals surface area (Å²) in [6.07, 6.45) is -0.862. The molecule has 0 saturated carbocycles. The number of nitrogens with one attached hydrogen (secondary N) is 1. The standard InChI is InChI=1S/C11H18N2O4/c1-7(2)6-9(14)10(15)13-8(11(16)17)4-3-5-12/h7-9,14H,3-4,6H2,1-2H3,(H,13,15)(H,16,17)/t8-,9+/m1/s1. The van der Waals surface area contributed by atoms with Crippen LogP contribution in [0, 0.1) is 17.2 Å². The van der Waals surface area contributed by atoms with Gasteiger partial charge >= 0.3 is 5.97 Å². The molecule has 3 N–H and O–H groups in total.